The van der Waals surface area contributed by atoms with Gasteiger partial charge in [-0.25, -0.2) is 0 Å². The van der Waals surface area contributed by atoms with Crippen LogP contribution < -0.4 is 0 Å². The third-order valence-corrected chi connectivity index (χ3v) is 13.6. The van der Waals surface area contributed by atoms with Gasteiger partial charge in [-0.3, -0.25) is 13.9 Å². The summed E-state index contributed by atoms with van der Waals surface area (Å²) in [5, 5.41) is 9.54. The summed E-state index contributed by atoms with van der Waals surface area (Å²) in [6.07, 6.45) is 13.3. The van der Waals surface area contributed by atoms with Gasteiger partial charge in [-0.2, -0.15) is 8.42 Å². The Morgan fingerprint density at radius 1 is 0.591 bits per heavy atom. The van der Waals surface area contributed by atoms with Crippen LogP contribution in [-0.4, -0.2) is 34.0 Å². The fourth-order valence-corrected chi connectivity index (χ4v) is 9.67. The number of hydrogen-bond acceptors (Lipinski definition) is 4. The molecule has 0 amide bonds. The molecule has 362 valence electrons. The summed E-state index contributed by atoms with van der Waals surface area (Å²) in [6.45, 7) is 17.2. The Labute approximate surface area is 438 Å². The maximum atomic E-state index is 11.7. The van der Waals surface area contributed by atoms with Crippen LogP contribution in [0.5, 0.6) is 0 Å². The van der Waals surface area contributed by atoms with Crippen LogP contribution in [0, 0.1) is 0 Å². The number of aryl methyl sites for hydroxylation is 4. The molecule has 2 aliphatic rings. The Morgan fingerprint density at radius 2 is 1.03 bits per heavy atom. The van der Waals surface area contributed by atoms with E-state index < -0.39 is 16.0 Å². The van der Waals surface area contributed by atoms with Gasteiger partial charge >= 0.3 is 10.4 Å². The molecule has 0 radical (unpaired) electrons. The van der Waals surface area contributed by atoms with Gasteiger partial charge < -0.3 is 5.11 Å². The Balaban J connectivity index is 0.000000278. The summed E-state index contributed by atoms with van der Waals surface area (Å²) < 4.78 is 37.3. The van der Waals surface area contributed by atoms with Crippen molar-refractivity contribution in [2.24, 2.45) is 0 Å². The van der Waals surface area contributed by atoms with Crippen molar-refractivity contribution in [1.82, 2.24) is 0 Å². The number of carbonyl (C=O) groups excluding carboxylic acids is 1. The molecule has 0 spiro atoms. The van der Waals surface area contributed by atoms with E-state index >= 15 is 0 Å². The lowest BCUT2D eigenvalue weighted by molar-refractivity contribution is 0.0689. The molecule has 0 fully saturated rings. The van der Waals surface area contributed by atoms with Crippen LogP contribution in [0.25, 0.3) is 0 Å². The fraction of sp³-hybridized carbons (Fsp3) is 0.426. The van der Waals surface area contributed by atoms with Crippen LogP contribution >= 0.6 is 79.6 Å². The summed E-state index contributed by atoms with van der Waals surface area (Å²) >= 11 is 17.2. The Bertz CT molecular complexity index is 2370. The molecular formula is C54H69Br5O6S. The van der Waals surface area contributed by atoms with Gasteiger partial charge in [-0.1, -0.05) is 176 Å². The summed E-state index contributed by atoms with van der Waals surface area (Å²) in [4.78, 5) is 11.7. The first kappa shape index (κ1) is 60.1. The molecule has 5 aromatic rings. The SMILES string of the molecule is CC(C)(O)CCCc1cccc(Br)c1.CC1(C)CCC(=O)c2cc(Br)ccc21.CC1(C)CCCc2cc(Br)ccc21.CCCCc1cccc(Br)c1.CCc1cccc(Br)c1.O=S(=O)(O)O. The molecule has 2 aliphatic carbocycles. The highest BCUT2D eigenvalue weighted by Gasteiger charge is 2.31. The van der Waals surface area contributed by atoms with E-state index in [9.17, 15) is 9.90 Å². The van der Waals surface area contributed by atoms with Crippen molar-refractivity contribution >= 4 is 95.8 Å². The van der Waals surface area contributed by atoms with Crippen molar-refractivity contribution < 1.29 is 27.4 Å². The second-order valence-corrected chi connectivity index (χ2v) is 24.0. The molecule has 6 nitrogen and oxygen atoms in total. The maximum absolute atomic E-state index is 11.7. The number of fused-ring (bicyclic) bond motifs is 2. The Morgan fingerprint density at radius 3 is 1.50 bits per heavy atom. The second kappa shape index (κ2) is 29.2. The van der Waals surface area contributed by atoms with Crippen LogP contribution in [0.4, 0.5) is 0 Å². The van der Waals surface area contributed by atoms with Gasteiger partial charge in [0.05, 0.1) is 5.60 Å². The van der Waals surface area contributed by atoms with Gasteiger partial charge in [0, 0.05) is 34.3 Å². The third kappa shape index (κ3) is 25.0. The molecule has 0 heterocycles. The van der Waals surface area contributed by atoms with Gasteiger partial charge in [0.2, 0.25) is 0 Å². The lowest BCUT2D eigenvalue weighted by Crippen LogP contribution is -2.27. The number of hydrogen-bond donors (Lipinski definition) is 3. The van der Waals surface area contributed by atoms with Gasteiger partial charge in [0.1, 0.15) is 0 Å². The number of Topliss-reactive ketones (excluding diaryl/α,β-unsaturated/α-hetero) is 1. The zero-order chi connectivity index (χ0) is 49.7. The van der Waals surface area contributed by atoms with Crippen LogP contribution in [-0.2, 0) is 46.9 Å². The zero-order valence-electron chi connectivity index (χ0n) is 39.7. The molecule has 3 N–H and O–H groups in total. The van der Waals surface area contributed by atoms with Gasteiger partial charge in [-0.05, 0) is 183 Å². The third-order valence-electron chi connectivity index (χ3n) is 11.2. The highest BCUT2D eigenvalue weighted by Crippen LogP contribution is 2.38. The molecule has 5 aromatic carbocycles. The quantitative estimate of drug-likeness (QED) is 0.133. The predicted molar refractivity (Wildman–Crippen MR) is 295 cm³/mol. The normalized spacial score (nSPS) is 14.3. The fourth-order valence-electron chi connectivity index (χ4n) is 7.57. The lowest BCUT2D eigenvalue weighted by Gasteiger charge is -2.32. The molecule has 12 heteroatoms. The van der Waals surface area contributed by atoms with Crippen molar-refractivity contribution in [3.63, 3.8) is 0 Å². The van der Waals surface area contributed by atoms with Crippen molar-refractivity contribution in [3.8, 4) is 0 Å². The van der Waals surface area contributed by atoms with Crippen molar-refractivity contribution in [3.05, 3.63) is 171 Å². The lowest BCUT2D eigenvalue weighted by atomic mass is 9.72. The van der Waals surface area contributed by atoms with Crippen molar-refractivity contribution in [1.29, 1.82) is 0 Å². The second-order valence-electron chi connectivity index (χ2n) is 18.5. The first-order valence-electron chi connectivity index (χ1n) is 22.5. The predicted octanol–water partition coefficient (Wildman–Crippen LogP) is 17.5. The Hall–Kier alpha value is -2.00. The number of unbranched alkanes of at least 4 members (excludes halogenated alkanes) is 1. The first-order chi connectivity index (χ1) is 30.7. The van der Waals surface area contributed by atoms with Gasteiger partial charge in [0.25, 0.3) is 0 Å². The maximum Gasteiger partial charge on any atom is 0.394 e. The van der Waals surface area contributed by atoms with Crippen molar-refractivity contribution in [2.45, 2.75) is 149 Å². The molecule has 0 bridgehead atoms. The minimum atomic E-state index is -4.67. The largest absolute Gasteiger partial charge is 0.394 e. The highest BCUT2D eigenvalue weighted by atomic mass is 79.9. The molecule has 0 aromatic heterocycles. The Kier molecular flexibility index (Phi) is 26.6. The molecular weight excluding hydrogens is 1180 g/mol. The monoisotopic (exact) mass is 1240 g/mol. The van der Waals surface area contributed by atoms with E-state index in [2.05, 4.69) is 200 Å². The molecule has 7 rings (SSSR count). The van der Waals surface area contributed by atoms with Crippen LogP contribution in [0.1, 0.15) is 150 Å². The standard InChI is InChI=1S/C12H13BrO.C12H17BrO.C12H15Br.C10H13Br.C8H9Br.H2O4S/c1-12(2)6-5-11(14)9-7-8(13)3-4-10(9)12;1-12(2,14)8-4-6-10-5-3-7-11(13)9-10;1-12(2)7-3-4-9-8-10(13)5-6-11(9)12;1-2-3-5-9-6-4-7-10(11)8-9;1-2-7-4-3-5-8(9)6-7;1-5(2,3)4/h3-4,7H,5-6H2,1-2H3;3,5,7,9,14H,4,6,8H2,1-2H3;5-6,8H,3-4,7H2,1-2H3;4,6-8H,2-3,5H2,1H3;3-6H,2H2,1H3;(H2,1,2,3,4). The van der Waals surface area contributed by atoms with E-state index in [1.165, 1.54) is 79.8 Å². The first-order valence-corrected chi connectivity index (χ1v) is 27.9. The summed E-state index contributed by atoms with van der Waals surface area (Å²) in [5.74, 6) is 0.278. The number of carbonyl (C=O) groups is 1. The number of aliphatic hydroxyl groups is 1. The average Bonchev–Trinajstić information content (AvgIpc) is 3.21. The van der Waals surface area contributed by atoms with Crippen molar-refractivity contribution in [2.75, 3.05) is 0 Å². The number of ketones is 1. The van der Waals surface area contributed by atoms with E-state index in [0.717, 1.165) is 46.6 Å². The molecule has 0 saturated heterocycles. The molecule has 0 unspecified atom stereocenters. The van der Waals surface area contributed by atoms with Crippen LogP contribution in [0.15, 0.2) is 132 Å². The minimum Gasteiger partial charge on any atom is -0.390 e. The number of benzene rings is 5. The number of rotatable bonds is 8. The zero-order valence-corrected chi connectivity index (χ0v) is 48.5. The number of halogens is 5. The molecule has 0 aliphatic heterocycles. The van der Waals surface area contributed by atoms with E-state index in [4.69, 9.17) is 17.5 Å². The van der Waals surface area contributed by atoms with E-state index in [1.807, 2.05) is 44.2 Å². The molecule has 66 heavy (non-hydrogen) atoms. The summed E-state index contributed by atoms with van der Waals surface area (Å²) in [7, 11) is -4.67. The van der Waals surface area contributed by atoms with E-state index in [0.29, 0.717) is 11.8 Å². The highest BCUT2D eigenvalue weighted by molar-refractivity contribution is 9.11. The van der Waals surface area contributed by atoms with E-state index in [-0.39, 0.29) is 11.2 Å². The van der Waals surface area contributed by atoms with E-state index in [1.54, 1.807) is 5.56 Å². The average molecular weight is 1250 g/mol. The molecule has 0 atom stereocenters. The van der Waals surface area contributed by atoms with Gasteiger partial charge in [-0.15, -0.1) is 0 Å². The summed E-state index contributed by atoms with van der Waals surface area (Å²) in [6, 6.07) is 37.9. The summed E-state index contributed by atoms with van der Waals surface area (Å²) in [5.41, 5.74) is 9.29. The smallest absolute Gasteiger partial charge is 0.390 e. The molecule has 0 saturated carbocycles. The van der Waals surface area contributed by atoms with Crippen LogP contribution in [0.3, 0.4) is 0 Å². The van der Waals surface area contributed by atoms with Gasteiger partial charge in [0.15, 0.2) is 5.78 Å². The minimum absolute atomic E-state index is 0.143. The topological polar surface area (TPSA) is 112 Å². The van der Waals surface area contributed by atoms with Crippen LogP contribution in [0.2, 0.25) is 0 Å².